The van der Waals surface area contributed by atoms with Crippen molar-refractivity contribution < 1.29 is 9.21 Å². The summed E-state index contributed by atoms with van der Waals surface area (Å²) < 4.78 is 5.32. The van der Waals surface area contributed by atoms with E-state index in [1.54, 1.807) is 25.1 Å². The van der Waals surface area contributed by atoms with Crippen LogP contribution >= 0.6 is 35.7 Å². The van der Waals surface area contributed by atoms with Crippen molar-refractivity contribution in [3.05, 3.63) is 24.2 Å². The number of amides is 1. The highest BCUT2D eigenvalue weighted by Crippen LogP contribution is 2.15. The summed E-state index contributed by atoms with van der Waals surface area (Å²) in [5, 5.41) is 9.25. The number of hydrogen-bond donors (Lipinski definition) is 3. The van der Waals surface area contributed by atoms with Gasteiger partial charge < -0.3 is 20.4 Å². The number of aliphatic imine (C=N–C) groups is 1. The minimum absolute atomic E-state index is 0. The van der Waals surface area contributed by atoms with Crippen LogP contribution in [0.15, 0.2) is 27.8 Å². The molecule has 0 radical (unpaired) electrons. The van der Waals surface area contributed by atoms with Crippen molar-refractivity contribution >= 4 is 47.6 Å². The number of furan rings is 1. The van der Waals surface area contributed by atoms with Crippen LogP contribution in [0.2, 0.25) is 0 Å². The van der Waals surface area contributed by atoms with E-state index < -0.39 is 5.41 Å². The quantitative estimate of drug-likeness (QED) is 0.224. The van der Waals surface area contributed by atoms with Crippen LogP contribution in [0.25, 0.3) is 0 Å². The van der Waals surface area contributed by atoms with Crippen LogP contribution in [0.3, 0.4) is 0 Å². The highest BCUT2D eigenvalue weighted by atomic mass is 127. The van der Waals surface area contributed by atoms with Crippen LogP contribution in [0, 0.1) is 5.41 Å². The summed E-state index contributed by atoms with van der Waals surface area (Å²) in [5.74, 6) is 2.65. The molecule has 24 heavy (non-hydrogen) atoms. The maximum absolute atomic E-state index is 11.8. The van der Waals surface area contributed by atoms with E-state index in [1.165, 1.54) is 0 Å². The number of thioether (sulfide) groups is 1. The zero-order chi connectivity index (χ0) is 17.1. The molecule has 0 aromatic carbocycles. The van der Waals surface area contributed by atoms with Gasteiger partial charge in [-0.05, 0) is 32.2 Å². The molecule has 0 unspecified atom stereocenters. The highest BCUT2D eigenvalue weighted by Gasteiger charge is 2.26. The molecule has 1 aromatic heterocycles. The Morgan fingerprint density at radius 3 is 2.62 bits per heavy atom. The van der Waals surface area contributed by atoms with Gasteiger partial charge in [-0.2, -0.15) is 11.8 Å². The Morgan fingerprint density at radius 2 is 2.04 bits per heavy atom. The normalized spacial score (nSPS) is 11.6. The third kappa shape index (κ3) is 8.81. The molecule has 6 nitrogen and oxygen atoms in total. The maximum atomic E-state index is 11.8. The highest BCUT2D eigenvalue weighted by molar-refractivity contribution is 14.0. The van der Waals surface area contributed by atoms with Crippen LogP contribution < -0.4 is 16.0 Å². The van der Waals surface area contributed by atoms with Crippen LogP contribution in [0.4, 0.5) is 0 Å². The molecular weight excluding hydrogens is 439 g/mol. The average molecular weight is 468 g/mol. The number of carbonyl (C=O) groups excluding carboxylic acids is 1. The van der Waals surface area contributed by atoms with E-state index >= 15 is 0 Å². The lowest BCUT2D eigenvalue weighted by molar-refractivity contribution is -0.128. The van der Waals surface area contributed by atoms with Gasteiger partial charge in [0.15, 0.2) is 5.96 Å². The molecule has 0 saturated heterocycles. The molecule has 8 heteroatoms. The monoisotopic (exact) mass is 468 g/mol. The predicted molar refractivity (Wildman–Crippen MR) is 112 cm³/mol. The molecule has 0 aliphatic rings. The molecule has 0 aliphatic heterocycles. The molecular formula is C16H29IN4O2S. The zero-order valence-corrected chi connectivity index (χ0v) is 18.0. The van der Waals surface area contributed by atoms with Gasteiger partial charge in [-0.15, -0.1) is 24.0 Å². The average Bonchev–Trinajstić information content (AvgIpc) is 3.04. The SMILES string of the molecule is CNC(=O)C(C)(C)CN=C(NCCSC)NCCc1ccco1.I. The topological polar surface area (TPSA) is 78.7 Å². The summed E-state index contributed by atoms with van der Waals surface area (Å²) >= 11 is 1.77. The second-order valence-corrected chi connectivity index (χ2v) is 6.79. The van der Waals surface area contributed by atoms with E-state index in [0.29, 0.717) is 6.54 Å². The van der Waals surface area contributed by atoms with Crippen LogP contribution in [0.5, 0.6) is 0 Å². The largest absolute Gasteiger partial charge is 0.469 e. The summed E-state index contributed by atoms with van der Waals surface area (Å²) in [6.45, 7) is 5.74. The molecule has 0 fully saturated rings. The Hall–Kier alpha value is -0.900. The lowest BCUT2D eigenvalue weighted by atomic mass is 9.93. The van der Waals surface area contributed by atoms with Crippen molar-refractivity contribution in [3.63, 3.8) is 0 Å². The Bertz CT molecular complexity index is 492. The summed E-state index contributed by atoms with van der Waals surface area (Å²) in [4.78, 5) is 16.4. The molecule has 0 aliphatic carbocycles. The third-order valence-electron chi connectivity index (χ3n) is 3.32. The van der Waals surface area contributed by atoms with E-state index in [9.17, 15) is 4.79 Å². The number of carbonyl (C=O) groups is 1. The number of halogens is 1. The van der Waals surface area contributed by atoms with E-state index in [2.05, 4.69) is 27.2 Å². The van der Waals surface area contributed by atoms with Crippen molar-refractivity contribution in [2.45, 2.75) is 20.3 Å². The van der Waals surface area contributed by atoms with Gasteiger partial charge in [0.25, 0.3) is 0 Å². The maximum Gasteiger partial charge on any atom is 0.227 e. The van der Waals surface area contributed by atoms with Crippen molar-refractivity contribution in [1.29, 1.82) is 0 Å². The predicted octanol–water partition coefficient (Wildman–Crippen LogP) is 2.11. The molecule has 1 amide bonds. The number of hydrogen-bond acceptors (Lipinski definition) is 4. The van der Waals surface area contributed by atoms with E-state index in [4.69, 9.17) is 4.42 Å². The van der Waals surface area contributed by atoms with Crippen LogP contribution in [-0.4, -0.2) is 50.6 Å². The molecule has 1 aromatic rings. The Labute approximate surface area is 166 Å². The minimum Gasteiger partial charge on any atom is -0.469 e. The smallest absolute Gasteiger partial charge is 0.227 e. The first-order valence-electron chi connectivity index (χ1n) is 7.75. The van der Waals surface area contributed by atoms with Crippen molar-refractivity contribution in [2.24, 2.45) is 10.4 Å². The fraction of sp³-hybridized carbons (Fsp3) is 0.625. The first kappa shape index (κ1) is 23.1. The summed E-state index contributed by atoms with van der Waals surface area (Å²) in [5.41, 5.74) is -0.538. The second kappa shape index (κ2) is 12.5. The number of nitrogens with zero attached hydrogens (tertiary/aromatic N) is 1. The lowest BCUT2D eigenvalue weighted by Crippen LogP contribution is -2.42. The van der Waals surface area contributed by atoms with Gasteiger partial charge in [0, 0.05) is 32.3 Å². The fourth-order valence-corrected chi connectivity index (χ4v) is 2.20. The van der Waals surface area contributed by atoms with Gasteiger partial charge in [0.1, 0.15) is 5.76 Å². The van der Waals surface area contributed by atoms with Crippen molar-refractivity contribution in [1.82, 2.24) is 16.0 Å². The Balaban J connectivity index is 0.00000529. The molecule has 0 atom stereocenters. The first-order valence-corrected chi connectivity index (χ1v) is 9.14. The molecule has 0 spiro atoms. The summed E-state index contributed by atoms with van der Waals surface area (Å²) in [6, 6.07) is 3.83. The van der Waals surface area contributed by atoms with Gasteiger partial charge in [0.2, 0.25) is 5.91 Å². The molecule has 138 valence electrons. The number of guanidine groups is 1. The molecule has 0 bridgehead atoms. The van der Waals surface area contributed by atoms with E-state index in [-0.39, 0.29) is 29.9 Å². The van der Waals surface area contributed by atoms with Crippen molar-refractivity contribution in [3.8, 4) is 0 Å². The second-order valence-electron chi connectivity index (χ2n) is 5.80. The zero-order valence-electron chi connectivity index (χ0n) is 14.8. The van der Waals surface area contributed by atoms with Gasteiger partial charge in [-0.1, -0.05) is 0 Å². The Morgan fingerprint density at radius 1 is 1.33 bits per heavy atom. The molecule has 1 rings (SSSR count). The van der Waals surface area contributed by atoms with Crippen LogP contribution in [-0.2, 0) is 11.2 Å². The lowest BCUT2D eigenvalue weighted by Gasteiger charge is -2.21. The van der Waals surface area contributed by atoms with E-state index in [0.717, 1.165) is 37.0 Å². The molecule has 1 heterocycles. The standard InChI is InChI=1S/C16H28N4O2S.HI/c1-16(2,14(21)17-3)12-20-15(19-9-11-23-4)18-8-7-13-6-5-10-22-13;/h5-6,10H,7-9,11-12H2,1-4H3,(H,17,21)(H2,18,19,20);1H. The Kier molecular flexibility index (Phi) is 12.0. The first-order chi connectivity index (χ1) is 11.0. The third-order valence-corrected chi connectivity index (χ3v) is 3.93. The van der Waals surface area contributed by atoms with Gasteiger partial charge in [0.05, 0.1) is 18.2 Å². The van der Waals surface area contributed by atoms with Crippen LogP contribution in [0.1, 0.15) is 19.6 Å². The minimum atomic E-state index is -0.538. The fourth-order valence-electron chi connectivity index (χ4n) is 1.89. The summed E-state index contributed by atoms with van der Waals surface area (Å²) in [6.07, 6.45) is 4.53. The number of nitrogens with one attached hydrogen (secondary N) is 3. The van der Waals surface area contributed by atoms with Gasteiger partial charge in [-0.3, -0.25) is 9.79 Å². The number of rotatable bonds is 9. The van der Waals surface area contributed by atoms with E-state index in [1.807, 2.05) is 26.0 Å². The van der Waals surface area contributed by atoms with Crippen molar-refractivity contribution in [2.75, 3.05) is 38.7 Å². The van der Waals surface area contributed by atoms with Gasteiger partial charge in [-0.25, -0.2) is 0 Å². The summed E-state index contributed by atoms with van der Waals surface area (Å²) in [7, 11) is 1.65. The molecule has 3 N–H and O–H groups in total. The van der Waals surface area contributed by atoms with Gasteiger partial charge >= 0.3 is 0 Å². The molecule has 0 saturated carbocycles.